The molecule has 0 aromatic heterocycles. The Bertz CT molecular complexity index is 419. The van der Waals surface area contributed by atoms with E-state index in [4.69, 9.17) is 5.11 Å². The first-order valence-electron chi connectivity index (χ1n) is 6.46. The third-order valence-corrected chi connectivity index (χ3v) is 5.76. The molecule has 1 saturated heterocycles. The average molecular weight is 276 g/mol. The topological polar surface area (TPSA) is 77.9 Å². The van der Waals surface area contributed by atoms with Crippen LogP contribution in [-0.4, -0.2) is 53.8 Å². The minimum Gasteiger partial charge on any atom is -0.481 e. The van der Waals surface area contributed by atoms with Crippen LogP contribution >= 0.6 is 0 Å². The predicted molar refractivity (Wildman–Crippen MR) is 66.3 cm³/mol. The van der Waals surface area contributed by atoms with Gasteiger partial charge in [-0.25, -0.2) is 0 Å². The normalized spacial score (nSPS) is 26.4. The number of piperidine rings is 1. The van der Waals surface area contributed by atoms with E-state index in [1.807, 2.05) is 6.92 Å². The van der Waals surface area contributed by atoms with Crippen molar-refractivity contribution in [3.63, 3.8) is 0 Å². The molecule has 0 radical (unpaired) electrons. The largest absolute Gasteiger partial charge is 0.481 e. The number of rotatable bonds is 5. The van der Waals surface area contributed by atoms with Crippen LogP contribution in [0.25, 0.3) is 0 Å². The molecule has 18 heavy (non-hydrogen) atoms. The SMILES string of the molecule is CCN(C1CC1)S(=O)(=O)N1CCCC(C(=O)O)C1. The van der Waals surface area contributed by atoms with Crippen molar-refractivity contribution in [3.05, 3.63) is 0 Å². The molecule has 104 valence electrons. The second kappa shape index (κ2) is 5.14. The van der Waals surface area contributed by atoms with Gasteiger partial charge in [0.15, 0.2) is 0 Å². The molecule has 1 unspecified atom stereocenters. The molecular weight excluding hydrogens is 256 g/mol. The quantitative estimate of drug-likeness (QED) is 0.793. The molecule has 1 saturated carbocycles. The van der Waals surface area contributed by atoms with Gasteiger partial charge in [-0.05, 0) is 25.7 Å². The van der Waals surface area contributed by atoms with Crippen molar-refractivity contribution in [1.29, 1.82) is 0 Å². The summed E-state index contributed by atoms with van der Waals surface area (Å²) in [4.78, 5) is 11.0. The predicted octanol–water partition coefficient (Wildman–Crippen LogP) is 0.512. The molecule has 1 aliphatic carbocycles. The molecule has 7 heteroatoms. The first kappa shape index (κ1) is 13.8. The van der Waals surface area contributed by atoms with Crippen LogP contribution < -0.4 is 0 Å². The van der Waals surface area contributed by atoms with Crippen LogP contribution in [0.4, 0.5) is 0 Å². The molecule has 1 aliphatic heterocycles. The van der Waals surface area contributed by atoms with Crippen LogP contribution in [0.5, 0.6) is 0 Å². The molecule has 1 atom stereocenters. The fourth-order valence-electron chi connectivity index (χ4n) is 2.47. The van der Waals surface area contributed by atoms with Gasteiger partial charge in [-0.15, -0.1) is 0 Å². The van der Waals surface area contributed by atoms with Crippen molar-refractivity contribution in [2.75, 3.05) is 19.6 Å². The van der Waals surface area contributed by atoms with E-state index >= 15 is 0 Å². The summed E-state index contributed by atoms with van der Waals surface area (Å²) in [6.07, 6.45) is 3.03. The molecule has 2 fully saturated rings. The van der Waals surface area contributed by atoms with E-state index < -0.39 is 22.1 Å². The number of nitrogens with zero attached hydrogens (tertiary/aromatic N) is 2. The smallest absolute Gasteiger partial charge is 0.307 e. The van der Waals surface area contributed by atoms with E-state index in [0.717, 1.165) is 12.8 Å². The van der Waals surface area contributed by atoms with E-state index in [1.165, 1.54) is 8.61 Å². The molecule has 2 rings (SSSR count). The zero-order valence-electron chi connectivity index (χ0n) is 10.6. The monoisotopic (exact) mass is 276 g/mol. The van der Waals surface area contributed by atoms with Gasteiger partial charge in [-0.3, -0.25) is 4.79 Å². The number of hydrogen-bond donors (Lipinski definition) is 1. The fraction of sp³-hybridized carbons (Fsp3) is 0.909. The van der Waals surface area contributed by atoms with E-state index in [9.17, 15) is 13.2 Å². The van der Waals surface area contributed by atoms with Gasteiger partial charge in [-0.1, -0.05) is 6.92 Å². The lowest BCUT2D eigenvalue weighted by Crippen LogP contribution is -2.49. The summed E-state index contributed by atoms with van der Waals surface area (Å²) in [5.74, 6) is -1.46. The van der Waals surface area contributed by atoms with Gasteiger partial charge in [0.05, 0.1) is 5.92 Å². The molecule has 2 aliphatic rings. The summed E-state index contributed by atoms with van der Waals surface area (Å²) in [6, 6.07) is 0.130. The number of carbonyl (C=O) groups is 1. The highest BCUT2D eigenvalue weighted by atomic mass is 32.2. The van der Waals surface area contributed by atoms with Crippen molar-refractivity contribution in [2.45, 2.75) is 38.6 Å². The van der Waals surface area contributed by atoms with Gasteiger partial charge in [0, 0.05) is 25.7 Å². The maximum atomic E-state index is 12.4. The Morgan fingerprint density at radius 2 is 2.06 bits per heavy atom. The molecule has 0 aromatic carbocycles. The highest BCUT2D eigenvalue weighted by molar-refractivity contribution is 7.86. The standard InChI is InChI=1S/C11H20N2O4S/c1-2-13(10-5-6-10)18(16,17)12-7-3-4-9(8-12)11(14)15/h9-10H,2-8H2,1H3,(H,14,15). The van der Waals surface area contributed by atoms with Gasteiger partial charge < -0.3 is 5.11 Å². The molecule has 0 amide bonds. The Hall–Kier alpha value is -0.660. The lowest BCUT2D eigenvalue weighted by molar-refractivity contribution is -0.142. The van der Waals surface area contributed by atoms with Gasteiger partial charge in [-0.2, -0.15) is 17.0 Å². The number of aliphatic carboxylic acids is 1. The minimum atomic E-state index is -3.47. The van der Waals surface area contributed by atoms with Crippen LogP contribution in [0.3, 0.4) is 0 Å². The Labute approximate surface area is 108 Å². The summed E-state index contributed by atoms with van der Waals surface area (Å²) < 4.78 is 27.7. The highest BCUT2D eigenvalue weighted by Crippen LogP contribution is 2.31. The second-order valence-corrected chi connectivity index (χ2v) is 6.86. The van der Waals surface area contributed by atoms with Crippen molar-refractivity contribution in [1.82, 2.24) is 8.61 Å². The maximum Gasteiger partial charge on any atom is 0.307 e. The highest BCUT2D eigenvalue weighted by Gasteiger charge is 2.41. The Morgan fingerprint density at radius 3 is 2.56 bits per heavy atom. The first-order chi connectivity index (χ1) is 8.46. The van der Waals surface area contributed by atoms with Crippen LogP contribution in [0, 0.1) is 5.92 Å². The Balaban J connectivity index is 2.11. The summed E-state index contributed by atoms with van der Waals surface area (Å²) in [5.41, 5.74) is 0. The number of carboxylic acid groups (broad SMARTS) is 1. The second-order valence-electron chi connectivity index (χ2n) is 4.98. The van der Waals surface area contributed by atoms with Gasteiger partial charge >= 0.3 is 5.97 Å². The molecule has 0 spiro atoms. The van der Waals surface area contributed by atoms with E-state index in [2.05, 4.69) is 0 Å². The fourth-order valence-corrected chi connectivity index (χ4v) is 4.41. The van der Waals surface area contributed by atoms with Gasteiger partial charge in [0.1, 0.15) is 0 Å². The van der Waals surface area contributed by atoms with E-state index in [-0.39, 0.29) is 12.6 Å². The van der Waals surface area contributed by atoms with Crippen LogP contribution in [0.2, 0.25) is 0 Å². The lowest BCUT2D eigenvalue weighted by atomic mass is 10.0. The third-order valence-electron chi connectivity index (χ3n) is 3.62. The minimum absolute atomic E-state index is 0.112. The molecule has 6 nitrogen and oxygen atoms in total. The average Bonchev–Trinajstić information content (AvgIpc) is 3.14. The van der Waals surface area contributed by atoms with Crippen LogP contribution in [-0.2, 0) is 15.0 Å². The summed E-state index contributed by atoms with van der Waals surface area (Å²) in [6.45, 7) is 2.84. The summed E-state index contributed by atoms with van der Waals surface area (Å²) in [7, 11) is -3.47. The first-order valence-corrected chi connectivity index (χ1v) is 7.86. The number of carboxylic acids is 1. The Kier molecular flexibility index (Phi) is 3.93. The van der Waals surface area contributed by atoms with Crippen molar-refractivity contribution >= 4 is 16.2 Å². The number of hydrogen-bond acceptors (Lipinski definition) is 3. The van der Waals surface area contributed by atoms with Gasteiger partial charge in [0.25, 0.3) is 10.2 Å². The zero-order valence-corrected chi connectivity index (χ0v) is 11.4. The van der Waals surface area contributed by atoms with Crippen LogP contribution in [0.15, 0.2) is 0 Å². The summed E-state index contributed by atoms with van der Waals surface area (Å²) in [5, 5.41) is 9.00. The zero-order chi connectivity index (χ0) is 13.3. The molecule has 0 bridgehead atoms. The van der Waals surface area contributed by atoms with E-state index in [0.29, 0.717) is 25.9 Å². The molecule has 1 heterocycles. The van der Waals surface area contributed by atoms with E-state index in [1.54, 1.807) is 0 Å². The van der Waals surface area contributed by atoms with Crippen molar-refractivity contribution in [3.8, 4) is 0 Å². The van der Waals surface area contributed by atoms with Crippen LogP contribution in [0.1, 0.15) is 32.6 Å². The van der Waals surface area contributed by atoms with Crippen molar-refractivity contribution in [2.24, 2.45) is 5.92 Å². The lowest BCUT2D eigenvalue weighted by Gasteiger charge is -2.34. The molecule has 1 N–H and O–H groups in total. The van der Waals surface area contributed by atoms with Gasteiger partial charge in [0.2, 0.25) is 0 Å². The molecular formula is C11H20N2O4S. The summed E-state index contributed by atoms with van der Waals surface area (Å²) >= 11 is 0. The maximum absolute atomic E-state index is 12.4. The van der Waals surface area contributed by atoms with Crippen molar-refractivity contribution < 1.29 is 18.3 Å². The third kappa shape index (κ3) is 2.67. The Morgan fingerprint density at radius 1 is 1.39 bits per heavy atom. The molecule has 0 aromatic rings.